The van der Waals surface area contributed by atoms with Gasteiger partial charge in [0.2, 0.25) is 0 Å². The van der Waals surface area contributed by atoms with Gasteiger partial charge in [0, 0.05) is 0 Å². The second-order valence-corrected chi connectivity index (χ2v) is 5.33. The molecule has 2 rings (SSSR count). The van der Waals surface area contributed by atoms with E-state index < -0.39 is 0 Å². The molecule has 0 aromatic heterocycles. The summed E-state index contributed by atoms with van der Waals surface area (Å²) in [6.07, 6.45) is 2.36. The van der Waals surface area contributed by atoms with E-state index in [-0.39, 0.29) is 24.8 Å². The van der Waals surface area contributed by atoms with Gasteiger partial charge in [-0.15, -0.1) is 0 Å². The molecule has 0 bridgehead atoms. The van der Waals surface area contributed by atoms with Crippen LogP contribution in [-0.2, 0) is 24.7 Å². The van der Waals surface area contributed by atoms with Gasteiger partial charge in [0.05, 0.1) is 0 Å². The van der Waals surface area contributed by atoms with Crippen LogP contribution in [0.4, 0.5) is 0 Å². The monoisotopic (exact) mass is 317 g/mol. The summed E-state index contributed by atoms with van der Waals surface area (Å²) in [6, 6.07) is 4.59. The van der Waals surface area contributed by atoms with Crippen LogP contribution in [0.3, 0.4) is 0 Å². The average molecular weight is 319 g/mol. The number of allylic oxidation sites excluding steroid dienone is 1. The van der Waals surface area contributed by atoms with Crippen molar-refractivity contribution in [2.75, 3.05) is 0 Å². The summed E-state index contributed by atoms with van der Waals surface area (Å²) in [4.78, 5) is 0. The smallest absolute Gasteiger partial charge is 1.00 e. The largest absolute Gasteiger partial charge is 1.00 e. The Morgan fingerprint density at radius 2 is 1.73 bits per heavy atom. The van der Waals surface area contributed by atoms with E-state index >= 15 is 0 Å². The molecule has 3 heteroatoms. The first-order chi connectivity index (χ1) is 6.09. The van der Waals surface area contributed by atoms with Crippen molar-refractivity contribution in [3.63, 3.8) is 0 Å². The van der Waals surface area contributed by atoms with Gasteiger partial charge < -0.3 is 24.8 Å². The van der Waals surface area contributed by atoms with Crippen LogP contribution in [0.25, 0.3) is 6.08 Å². The molecule has 0 fully saturated rings. The van der Waals surface area contributed by atoms with Gasteiger partial charge in [0.15, 0.2) is 0 Å². The fraction of sp³-hybridized carbons (Fsp3) is 0.333. The van der Waals surface area contributed by atoms with Gasteiger partial charge in [-0.25, -0.2) is 0 Å². The Bertz CT molecular complexity index is 397. The van der Waals surface area contributed by atoms with Gasteiger partial charge in [-0.05, 0) is 0 Å². The Morgan fingerprint density at radius 3 is 2.33 bits per heavy atom. The zero-order chi connectivity index (χ0) is 9.59. The van der Waals surface area contributed by atoms with E-state index in [9.17, 15) is 0 Å². The summed E-state index contributed by atoms with van der Waals surface area (Å²) in [5.74, 6) is 0.661. The first kappa shape index (κ1) is 15.4. The van der Waals surface area contributed by atoms with Crippen molar-refractivity contribution in [2.45, 2.75) is 26.7 Å². The summed E-state index contributed by atoms with van der Waals surface area (Å²) in [7, 11) is 0. The number of benzene rings is 1. The summed E-state index contributed by atoms with van der Waals surface area (Å²) < 4.78 is 1.58. The predicted octanol–water partition coefficient (Wildman–Crippen LogP) is -2.68. The zero-order valence-electron chi connectivity index (χ0n) is 9.07. The molecule has 0 saturated carbocycles. The molecule has 0 aliphatic heterocycles. The van der Waals surface area contributed by atoms with Gasteiger partial charge in [0.25, 0.3) is 0 Å². The molecule has 1 atom stereocenters. The van der Waals surface area contributed by atoms with Crippen LogP contribution < -0.4 is 24.8 Å². The zero-order valence-corrected chi connectivity index (χ0v) is 13.0. The van der Waals surface area contributed by atoms with Gasteiger partial charge in [-0.1, -0.05) is 0 Å². The number of halogens is 2. The molecule has 0 spiro atoms. The maximum atomic E-state index is 2.36. The van der Waals surface area contributed by atoms with Crippen molar-refractivity contribution in [1.29, 1.82) is 0 Å². The molecule has 1 aromatic carbocycles. The molecule has 15 heavy (non-hydrogen) atoms. The Kier molecular flexibility index (Phi) is 5.82. The molecule has 0 radical (unpaired) electrons. The number of fused-ring (bicyclic) bond motifs is 1. The van der Waals surface area contributed by atoms with Crippen LogP contribution in [0.5, 0.6) is 0 Å². The number of aryl methyl sites for hydroxylation is 2. The van der Waals surface area contributed by atoms with Crippen LogP contribution in [-0.4, -0.2) is 0 Å². The minimum atomic E-state index is 0. The number of hydrogen-bond donors (Lipinski definition) is 0. The van der Waals surface area contributed by atoms with E-state index in [1.807, 2.05) is 0 Å². The molecular weight excluding hydrogens is 306 g/mol. The summed E-state index contributed by atoms with van der Waals surface area (Å²) in [6.45, 7) is 6.71. The molecule has 1 unspecified atom stereocenters. The molecule has 1 aliphatic rings. The molecule has 0 heterocycles. The molecule has 0 amide bonds. The van der Waals surface area contributed by atoms with Crippen molar-refractivity contribution >= 4 is 6.08 Å². The maximum absolute atomic E-state index is 2.36. The third-order valence-electron chi connectivity index (χ3n) is 2.77. The van der Waals surface area contributed by atoms with Crippen LogP contribution in [0.15, 0.2) is 15.4 Å². The molecule has 0 saturated heterocycles. The van der Waals surface area contributed by atoms with Crippen LogP contribution in [0.2, 0.25) is 0 Å². The quantitative estimate of drug-likeness (QED) is 0.489. The van der Waals surface area contributed by atoms with E-state index in [2.05, 4.69) is 39.0 Å². The fourth-order valence-corrected chi connectivity index (χ4v) is 2.91. The molecular formula is C12H13Cl2Zr. The third-order valence-corrected chi connectivity index (χ3v) is 4.19. The molecule has 1 aromatic rings. The van der Waals surface area contributed by atoms with Crippen molar-refractivity contribution in [1.82, 2.24) is 0 Å². The van der Waals surface area contributed by atoms with Gasteiger partial charge in [-0.2, -0.15) is 0 Å². The minimum Gasteiger partial charge on any atom is -1.00 e. The molecule has 0 nitrogen and oxygen atoms in total. The first-order valence-electron chi connectivity index (χ1n) is 4.64. The van der Waals surface area contributed by atoms with Crippen LogP contribution in [0.1, 0.15) is 35.1 Å². The summed E-state index contributed by atoms with van der Waals surface area (Å²) >= 11 is 1.56. The van der Waals surface area contributed by atoms with Crippen molar-refractivity contribution < 1.29 is 49.5 Å². The minimum absolute atomic E-state index is 0. The van der Waals surface area contributed by atoms with Crippen molar-refractivity contribution in [3.05, 3.63) is 37.7 Å². The number of hydrogen-bond acceptors (Lipinski definition) is 0. The molecule has 0 N–H and O–H groups in total. The van der Waals surface area contributed by atoms with E-state index in [1.54, 1.807) is 33.6 Å². The first-order valence-corrected chi connectivity index (χ1v) is 5.87. The number of rotatable bonds is 0. The summed E-state index contributed by atoms with van der Waals surface area (Å²) in [5.41, 5.74) is 5.84. The van der Waals surface area contributed by atoms with Crippen molar-refractivity contribution in [3.8, 4) is 0 Å². The molecule has 1 aliphatic carbocycles. The average Bonchev–Trinajstić information content (AvgIpc) is 2.27. The second kappa shape index (κ2) is 5.66. The van der Waals surface area contributed by atoms with Crippen molar-refractivity contribution in [2.24, 2.45) is 0 Å². The Balaban J connectivity index is 0.000000980. The maximum Gasteiger partial charge on any atom is -1.00 e. The van der Waals surface area contributed by atoms with Crippen LogP contribution >= 0.6 is 0 Å². The van der Waals surface area contributed by atoms with Gasteiger partial charge >= 0.3 is 95.2 Å². The van der Waals surface area contributed by atoms with E-state index in [0.717, 1.165) is 0 Å². The Morgan fingerprint density at radius 1 is 1.13 bits per heavy atom. The predicted molar refractivity (Wildman–Crippen MR) is 52.3 cm³/mol. The Hall–Kier alpha value is 0.423. The second-order valence-electron chi connectivity index (χ2n) is 3.91. The normalized spacial score (nSPS) is 17.4. The SMILES string of the molecule is Cc1cc(C)c2c(c1)C=[C]([Zr+2])C2C.[Cl-].[Cl-]. The van der Waals surface area contributed by atoms with Crippen LogP contribution in [0, 0.1) is 13.8 Å². The standard InChI is InChI=1S/C12H13.2ClH.Zr/c1-8-6-10(3)12-9(2)4-5-11(12)7-8;;;/h5-7,9H,1-3H3;2*1H;/q;;;+2/p-2. The van der Waals surface area contributed by atoms with Gasteiger partial charge in [0.1, 0.15) is 0 Å². The van der Waals surface area contributed by atoms with E-state index in [0.29, 0.717) is 5.92 Å². The summed E-state index contributed by atoms with van der Waals surface area (Å²) in [5, 5.41) is 0. The Labute approximate surface area is 119 Å². The van der Waals surface area contributed by atoms with E-state index in [4.69, 9.17) is 0 Å². The van der Waals surface area contributed by atoms with E-state index in [1.165, 1.54) is 16.7 Å². The molecule has 79 valence electrons. The van der Waals surface area contributed by atoms with Gasteiger partial charge in [-0.3, -0.25) is 0 Å². The topological polar surface area (TPSA) is 0 Å². The fourth-order valence-electron chi connectivity index (χ4n) is 2.17. The third kappa shape index (κ3) is 2.76.